The van der Waals surface area contributed by atoms with Gasteiger partial charge in [-0.1, -0.05) is 29.8 Å². The summed E-state index contributed by atoms with van der Waals surface area (Å²) >= 11 is 3.46. The smallest absolute Gasteiger partial charge is 0.409 e. The predicted octanol–water partition coefficient (Wildman–Crippen LogP) is 3.50. The number of amides is 2. The van der Waals surface area contributed by atoms with E-state index in [0.717, 1.165) is 28.7 Å². The van der Waals surface area contributed by atoms with Gasteiger partial charge in [0.05, 0.1) is 13.2 Å². The number of anilines is 1. The lowest BCUT2D eigenvalue weighted by atomic mass is 10.2. The van der Waals surface area contributed by atoms with Crippen molar-refractivity contribution in [3.8, 4) is 0 Å². The molecule has 1 aromatic rings. The maximum Gasteiger partial charge on any atom is 0.409 e. The molecular weight excluding hydrogens is 398 g/mol. The molecule has 1 aromatic carbocycles. The summed E-state index contributed by atoms with van der Waals surface area (Å²) in [5.74, 6) is 0.288. The number of halogens is 1. The number of nitrogens with zero attached hydrogens (tertiary/aromatic N) is 2. The lowest BCUT2D eigenvalue weighted by Gasteiger charge is -2.21. The van der Waals surface area contributed by atoms with Gasteiger partial charge in [0.2, 0.25) is 5.91 Å². The van der Waals surface area contributed by atoms with E-state index in [0.29, 0.717) is 38.7 Å². The van der Waals surface area contributed by atoms with Crippen molar-refractivity contribution in [2.75, 3.05) is 44.6 Å². The Bertz CT molecular complexity index is 636. The summed E-state index contributed by atoms with van der Waals surface area (Å²) in [5, 5.41) is 2.94. The zero-order chi connectivity index (χ0) is 19.1. The molecule has 1 fully saturated rings. The highest BCUT2D eigenvalue weighted by atomic mass is 79.9. The van der Waals surface area contributed by atoms with Gasteiger partial charge in [0.15, 0.2) is 0 Å². The summed E-state index contributed by atoms with van der Waals surface area (Å²) in [6, 6.07) is 5.75. The number of rotatable bonds is 5. The second kappa shape index (κ2) is 9.92. The van der Waals surface area contributed by atoms with E-state index in [1.165, 1.54) is 0 Å². The van der Waals surface area contributed by atoms with Crippen LogP contribution >= 0.6 is 15.9 Å². The van der Waals surface area contributed by atoms with Gasteiger partial charge >= 0.3 is 6.09 Å². The fourth-order valence-corrected chi connectivity index (χ4v) is 3.01. The third kappa shape index (κ3) is 6.61. The van der Waals surface area contributed by atoms with Crippen molar-refractivity contribution < 1.29 is 14.3 Å². The molecule has 2 amide bonds. The molecule has 0 unspecified atom stereocenters. The van der Waals surface area contributed by atoms with E-state index in [2.05, 4.69) is 26.1 Å². The molecule has 1 aliphatic rings. The zero-order valence-electron chi connectivity index (χ0n) is 15.8. The minimum Gasteiger partial charge on any atom is -0.449 e. The van der Waals surface area contributed by atoms with Crippen LogP contribution < -0.4 is 5.32 Å². The number of hydrogen-bond donors (Lipinski definition) is 1. The fourth-order valence-electron chi connectivity index (χ4n) is 2.77. The van der Waals surface area contributed by atoms with Crippen LogP contribution in [0.4, 0.5) is 10.5 Å². The maximum atomic E-state index is 12.3. The van der Waals surface area contributed by atoms with E-state index in [1.807, 2.05) is 39.0 Å². The largest absolute Gasteiger partial charge is 0.449 e. The van der Waals surface area contributed by atoms with E-state index in [1.54, 1.807) is 4.90 Å². The molecule has 0 bridgehead atoms. The summed E-state index contributed by atoms with van der Waals surface area (Å²) in [4.78, 5) is 28.2. The molecule has 1 heterocycles. The summed E-state index contributed by atoms with van der Waals surface area (Å²) in [6.07, 6.45) is 0.580. The third-order valence-electron chi connectivity index (χ3n) is 4.20. The van der Waals surface area contributed by atoms with Crippen molar-refractivity contribution in [3.63, 3.8) is 0 Å². The lowest BCUT2D eigenvalue weighted by Crippen LogP contribution is -2.38. The molecule has 144 valence electrons. The van der Waals surface area contributed by atoms with Crippen LogP contribution in [-0.4, -0.2) is 61.1 Å². The SMILES string of the molecule is Cc1cc(NC(=O)CN2CCCN(C(=O)OCC(C)C)CC2)ccc1Br. The van der Waals surface area contributed by atoms with Crippen LogP contribution in [0.1, 0.15) is 25.8 Å². The monoisotopic (exact) mass is 425 g/mol. The Morgan fingerprint density at radius 1 is 1.23 bits per heavy atom. The molecule has 2 rings (SSSR count). The molecule has 1 aliphatic heterocycles. The Balaban J connectivity index is 1.80. The third-order valence-corrected chi connectivity index (χ3v) is 5.09. The Morgan fingerprint density at radius 3 is 2.69 bits per heavy atom. The van der Waals surface area contributed by atoms with E-state index in [9.17, 15) is 9.59 Å². The van der Waals surface area contributed by atoms with Crippen molar-refractivity contribution in [3.05, 3.63) is 28.2 Å². The average molecular weight is 426 g/mol. The standard InChI is InChI=1S/C19H28BrN3O3/c1-14(2)13-26-19(25)23-8-4-7-22(9-10-23)12-18(24)21-16-5-6-17(20)15(3)11-16/h5-6,11,14H,4,7-10,12-13H2,1-3H3,(H,21,24). The van der Waals surface area contributed by atoms with Crippen LogP contribution in [0.2, 0.25) is 0 Å². The molecule has 26 heavy (non-hydrogen) atoms. The van der Waals surface area contributed by atoms with Gasteiger partial charge in [0.1, 0.15) is 0 Å². The first-order chi connectivity index (χ1) is 12.3. The number of nitrogens with one attached hydrogen (secondary N) is 1. The van der Waals surface area contributed by atoms with Gasteiger partial charge in [-0.3, -0.25) is 9.69 Å². The van der Waals surface area contributed by atoms with Gasteiger partial charge in [-0.25, -0.2) is 4.79 Å². The summed E-state index contributed by atoms with van der Waals surface area (Å²) < 4.78 is 6.32. The number of ether oxygens (including phenoxy) is 1. The minimum atomic E-state index is -0.254. The summed E-state index contributed by atoms with van der Waals surface area (Å²) in [7, 11) is 0. The number of carbonyl (C=O) groups excluding carboxylic acids is 2. The lowest BCUT2D eigenvalue weighted by molar-refractivity contribution is -0.117. The van der Waals surface area contributed by atoms with Crippen LogP contribution in [0, 0.1) is 12.8 Å². The van der Waals surface area contributed by atoms with Gasteiger partial charge in [0.25, 0.3) is 0 Å². The van der Waals surface area contributed by atoms with Crippen LogP contribution in [0.15, 0.2) is 22.7 Å². The van der Waals surface area contributed by atoms with Crippen LogP contribution in [0.5, 0.6) is 0 Å². The topological polar surface area (TPSA) is 61.9 Å². The molecule has 0 saturated carbocycles. The Morgan fingerprint density at radius 2 is 2.00 bits per heavy atom. The average Bonchev–Trinajstić information content (AvgIpc) is 2.81. The summed E-state index contributed by atoms with van der Waals surface area (Å²) in [5.41, 5.74) is 1.87. The van der Waals surface area contributed by atoms with Crippen molar-refractivity contribution in [2.24, 2.45) is 5.92 Å². The number of hydrogen-bond acceptors (Lipinski definition) is 4. The molecule has 6 nitrogen and oxygen atoms in total. The van der Waals surface area contributed by atoms with E-state index >= 15 is 0 Å². The first-order valence-corrected chi connectivity index (χ1v) is 9.84. The maximum absolute atomic E-state index is 12.3. The second-order valence-electron chi connectivity index (χ2n) is 7.10. The highest BCUT2D eigenvalue weighted by Crippen LogP contribution is 2.20. The van der Waals surface area contributed by atoms with Gasteiger partial charge in [-0.2, -0.15) is 0 Å². The summed E-state index contributed by atoms with van der Waals surface area (Å²) in [6.45, 7) is 9.50. The van der Waals surface area contributed by atoms with Gasteiger partial charge < -0.3 is 15.0 Å². The quantitative estimate of drug-likeness (QED) is 0.783. The van der Waals surface area contributed by atoms with Gasteiger partial charge in [0, 0.05) is 36.3 Å². The molecule has 1 N–H and O–H groups in total. The normalized spacial score (nSPS) is 15.7. The molecule has 0 atom stereocenters. The van der Waals surface area contributed by atoms with E-state index in [-0.39, 0.29) is 12.0 Å². The van der Waals surface area contributed by atoms with Gasteiger partial charge in [-0.15, -0.1) is 0 Å². The Kier molecular flexibility index (Phi) is 7.90. The Hall–Kier alpha value is -1.60. The highest BCUT2D eigenvalue weighted by molar-refractivity contribution is 9.10. The van der Waals surface area contributed by atoms with Crippen molar-refractivity contribution >= 4 is 33.6 Å². The first kappa shape index (κ1) is 20.7. The second-order valence-corrected chi connectivity index (χ2v) is 7.95. The molecule has 0 spiro atoms. The van der Waals surface area contributed by atoms with E-state index in [4.69, 9.17) is 4.74 Å². The molecule has 0 aromatic heterocycles. The first-order valence-electron chi connectivity index (χ1n) is 9.05. The molecular formula is C19H28BrN3O3. The fraction of sp³-hybridized carbons (Fsp3) is 0.579. The molecule has 7 heteroatoms. The zero-order valence-corrected chi connectivity index (χ0v) is 17.3. The minimum absolute atomic E-state index is 0.0393. The van der Waals surface area contributed by atoms with Gasteiger partial charge in [-0.05, 0) is 43.0 Å². The molecule has 1 saturated heterocycles. The van der Waals surface area contributed by atoms with Crippen LogP contribution in [-0.2, 0) is 9.53 Å². The van der Waals surface area contributed by atoms with E-state index < -0.39 is 0 Å². The van der Waals surface area contributed by atoms with Crippen LogP contribution in [0.3, 0.4) is 0 Å². The van der Waals surface area contributed by atoms with Crippen molar-refractivity contribution in [1.29, 1.82) is 0 Å². The number of benzene rings is 1. The number of carbonyl (C=O) groups is 2. The highest BCUT2D eigenvalue weighted by Gasteiger charge is 2.21. The molecule has 0 aliphatic carbocycles. The predicted molar refractivity (Wildman–Crippen MR) is 106 cm³/mol. The Labute approximate surface area is 164 Å². The number of aryl methyl sites for hydroxylation is 1. The van der Waals surface area contributed by atoms with Crippen molar-refractivity contribution in [2.45, 2.75) is 27.2 Å². The van der Waals surface area contributed by atoms with Crippen molar-refractivity contribution in [1.82, 2.24) is 9.80 Å². The molecule has 0 radical (unpaired) electrons. The van der Waals surface area contributed by atoms with Crippen LogP contribution in [0.25, 0.3) is 0 Å².